The van der Waals surface area contributed by atoms with E-state index in [0.29, 0.717) is 27.4 Å². The van der Waals surface area contributed by atoms with Crippen molar-refractivity contribution in [2.24, 2.45) is 0 Å². The first-order valence-corrected chi connectivity index (χ1v) is 6.56. The number of imidazole rings is 1. The number of nitrogens with zero attached hydrogens (tertiary/aromatic N) is 1. The number of aromatic nitrogens is 2. The molecule has 0 aliphatic carbocycles. The minimum Gasteiger partial charge on any atom is -0.338 e. The minimum atomic E-state index is -4.37. The monoisotopic (exact) mass is 310 g/mol. The van der Waals surface area contributed by atoms with Crippen LogP contribution in [-0.4, -0.2) is 9.97 Å². The van der Waals surface area contributed by atoms with Gasteiger partial charge in [-0.2, -0.15) is 13.2 Å². The van der Waals surface area contributed by atoms with Gasteiger partial charge in [0.1, 0.15) is 5.82 Å². The molecule has 0 saturated carbocycles. The summed E-state index contributed by atoms with van der Waals surface area (Å²) in [6.45, 7) is 1.86. The Morgan fingerprint density at radius 2 is 1.90 bits per heavy atom. The van der Waals surface area contributed by atoms with Gasteiger partial charge in [-0.15, -0.1) is 0 Å². The Kier molecular flexibility index (Phi) is 3.17. The third-order valence-corrected chi connectivity index (χ3v) is 3.76. The van der Waals surface area contributed by atoms with Crippen molar-refractivity contribution in [1.82, 2.24) is 9.97 Å². The van der Waals surface area contributed by atoms with E-state index in [1.807, 2.05) is 19.1 Å². The number of fused-ring (bicyclic) bond motifs is 1. The van der Waals surface area contributed by atoms with E-state index in [9.17, 15) is 13.2 Å². The van der Waals surface area contributed by atoms with Crippen LogP contribution >= 0.6 is 11.6 Å². The predicted molar refractivity (Wildman–Crippen MR) is 76.3 cm³/mol. The molecule has 0 amide bonds. The molecule has 0 fully saturated rings. The van der Waals surface area contributed by atoms with Gasteiger partial charge in [0.15, 0.2) is 0 Å². The molecule has 21 heavy (non-hydrogen) atoms. The first-order chi connectivity index (χ1) is 9.86. The molecule has 0 saturated heterocycles. The largest absolute Gasteiger partial charge is 0.416 e. The summed E-state index contributed by atoms with van der Waals surface area (Å²) in [4.78, 5) is 7.20. The van der Waals surface area contributed by atoms with Gasteiger partial charge in [-0.1, -0.05) is 23.7 Å². The minimum absolute atomic E-state index is 0.331. The number of hydrogen-bond acceptors (Lipinski definition) is 1. The third-order valence-electron chi connectivity index (χ3n) is 3.26. The molecule has 2 aromatic carbocycles. The van der Waals surface area contributed by atoms with Crippen LogP contribution in [0.15, 0.2) is 36.4 Å². The molecule has 0 unspecified atom stereocenters. The van der Waals surface area contributed by atoms with E-state index in [1.54, 1.807) is 6.07 Å². The zero-order valence-corrected chi connectivity index (χ0v) is 11.7. The van der Waals surface area contributed by atoms with Gasteiger partial charge in [0.05, 0.1) is 21.6 Å². The highest BCUT2D eigenvalue weighted by Gasteiger charge is 2.30. The second kappa shape index (κ2) is 4.77. The Morgan fingerprint density at radius 3 is 2.62 bits per heavy atom. The van der Waals surface area contributed by atoms with Crippen LogP contribution in [0.5, 0.6) is 0 Å². The van der Waals surface area contributed by atoms with Crippen molar-refractivity contribution in [1.29, 1.82) is 0 Å². The van der Waals surface area contributed by atoms with E-state index < -0.39 is 11.7 Å². The molecule has 3 aromatic rings. The van der Waals surface area contributed by atoms with Gasteiger partial charge < -0.3 is 4.98 Å². The van der Waals surface area contributed by atoms with Crippen molar-refractivity contribution in [2.75, 3.05) is 0 Å². The van der Waals surface area contributed by atoms with Crippen LogP contribution < -0.4 is 0 Å². The van der Waals surface area contributed by atoms with Crippen molar-refractivity contribution in [3.8, 4) is 11.4 Å². The summed E-state index contributed by atoms with van der Waals surface area (Å²) in [7, 11) is 0. The van der Waals surface area contributed by atoms with E-state index in [2.05, 4.69) is 9.97 Å². The molecule has 0 bridgehead atoms. The standard InChI is InChI=1S/C15H10ClF3N2/c1-8-3-2-4-10(13(8)16)14-20-11-6-5-9(15(17,18)19)7-12(11)21-14/h2-7H,1H3,(H,20,21). The highest BCUT2D eigenvalue weighted by molar-refractivity contribution is 6.34. The van der Waals surface area contributed by atoms with Crippen molar-refractivity contribution < 1.29 is 13.2 Å². The summed E-state index contributed by atoms with van der Waals surface area (Å²) < 4.78 is 38.1. The summed E-state index contributed by atoms with van der Waals surface area (Å²) in [6.07, 6.45) is -4.37. The molecule has 0 aliphatic rings. The molecule has 108 valence electrons. The fourth-order valence-corrected chi connectivity index (χ4v) is 2.36. The molecule has 0 spiro atoms. The van der Waals surface area contributed by atoms with Gasteiger partial charge in [0.2, 0.25) is 0 Å². The maximum Gasteiger partial charge on any atom is 0.416 e. The third kappa shape index (κ3) is 2.49. The second-order valence-electron chi connectivity index (χ2n) is 4.75. The van der Waals surface area contributed by atoms with E-state index in [0.717, 1.165) is 17.7 Å². The van der Waals surface area contributed by atoms with Crippen LogP contribution in [0.2, 0.25) is 5.02 Å². The molecular weight excluding hydrogens is 301 g/mol. The Hall–Kier alpha value is -2.01. The number of aromatic amines is 1. The number of aryl methyl sites for hydroxylation is 1. The lowest BCUT2D eigenvalue weighted by Crippen LogP contribution is -2.04. The smallest absolute Gasteiger partial charge is 0.338 e. The Morgan fingerprint density at radius 1 is 1.14 bits per heavy atom. The molecule has 1 aromatic heterocycles. The van der Waals surface area contributed by atoms with Crippen LogP contribution in [0.3, 0.4) is 0 Å². The molecule has 1 heterocycles. The molecule has 2 nitrogen and oxygen atoms in total. The van der Waals surface area contributed by atoms with Crippen molar-refractivity contribution in [3.63, 3.8) is 0 Å². The van der Waals surface area contributed by atoms with Crippen LogP contribution in [-0.2, 0) is 6.18 Å². The maximum absolute atomic E-state index is 12.7. The van der Waals surface area contributed by atoms with Crippen LogP contribution in [0.25, 0.3) is 22.4 Å². The van der Waals surface area contributed by atoms with E-state index in [-0.39, 0.29) is 0 Å². The van der Waals surface area contributed by atoms with E-state index >= 15 is 0 Å². The van der Waals surface area contributed by atoms with E-state index in [1.165, 1.54) is 6.07 Å². The first kappa shape index (κ1) is 13.9. The topological polar surface area (TPSA) is 28.7 Å². The van der Waals surface area contributed by atoms with Crippen molar-refractivity contribution in [2.45, 2.75) is 13.1 Å². The lowest BCUT2D eigenvalue weighted by Gasteiger charge is -2.05. The number of H-pyrrole nitrogens is 1. The van der Waals surface area contributed by atoms with Crippen molar-refractivity contribution in [3.05, 3.63) is 52.5 Å². The number of nitrogens with one attached hydrogen (secondary N) is 1. The van der Waals surface area contributed by atoms with Gasteiger partial charge in [-0.25, -0.2) is 4.98 Å². The molecule has 1 N–H and O–H groups in total. The second-order valence-corrected chi connectivity index (χ2v) is 5.13. The fraction of sp³-hybridized carbons (Fsp3) is 0.133. The van der Waals surface area contributed by atoms with Gasteiger partial charge >= 0.3 is 6.18 Å². The van der Waals surface area contributed by atoms with Gasteiger partial charge in [0.25, 0.3) is 0 Å². The summed E-state index contributed by atoms with van der Waals surface area (Å²) >= 11 is 6.22. The first-order valence-electron chi connectivity index (χ1n) is 6.19. The number of halogens is 4. The Labute approximate surface area is 123 Å². The molecule has 0 atom stereocenters. The average molecular weight is 311 g/mol. The van der Waals surface area contributed by atoms with Gasteiger partial charge in [-0.3, -0.25) is 0 Å². The zero-order valence-electron chi connectivity index (χ0n) is 10.9. The quantitative estimate of drug-likeness (QED) is 0.656. The van der Waals surface area contributed by atoms with E-state index in [4.69, 9.17) is 11.6 Å². The lowest BCUT2D eigenvalue weighted by molar-refractivity contribution is -0.137. The van der Waals surface area contributed by atoms with Crippen molar-refractivity contribution >= 4 is 22.6 Å². The maximum atomic E-state index is 12.7. The normalized spacial score (nSPS) is 12.0. The zero-order chi connectivity index (χ0) is 15.2. The molecule has 6 heteroatoms. The fourth-order valence-electron chi connectivity index (χ4n) is 2.14. The van der Waals surface area contributed by atoms with Crippen LogP contribution in [0, 0.1) is 6.92 Å². The Balaban J connectivity index is 2.15. The number of rotatable bonds is 1. The summed E-state index contributed by atoms with van der Waals surface area (Å²) in [5, 5.41) is 0.535. The highest BCUT2D eigenvalue weighted by Crippen LogP contribution is 2.33. The average Bonchev–Trinajstić information content (AvgIpc) is 2.83. The SMILES string of the molecule is Cc1cccc(-c2nc3ccc(C(F)(F)F)cc3[nH]2)c1Cl. The van der Waals surface area contributed by atoms with Gasteiger partial charge in [-0.05, 0) is 36.8 Å². The molecule has 3 rings (SSSR count). The van der Waals surface area contributed by atoms with Crippen LogP contribution in [0.1, 0.15) is 11.1 Å². The van der Waals surface area contributed by atoms with Crippen LogP contribution in [0.4, 0.5) is 13.2 Å². The summed E-state index contributed by atoms with van der Waals surface area (Å²) in [6, 6.07) is 8.88. The number of benzene rings is 2. The number of alkyl halides is 3. The highest BCUT2D eigenvalue weighted by atomic mass is 35.5. The summed E-state index contributed by atoms with van der Waals surface area (Å²) in [5.41, 5.74) is 1.64. The summed E-state index contributed by atoms with van der Waals surface area (Å²) in [5.74, 6) is 0.457. The van der Waals surface area contributed by atoms with Gasteiger partial charge in [0, 0.05) is 5.56 Å². The molecular formula is C15H10ClF3N2. The molecule has 0 radical (unpaired) electrons. The lowest BCUT2D eigenvalue weighted by atomic mass is 10.1. The molecule has 0 aliphatic heterocycles. The predicted octanol–water partition coefficient (Wildman–Crippen LogP) is 5.21. The number of hydrogen-bond donors (Lipinski definition) is 1. The Bertz CT molecular complexity index is 821.